The molecule has 0 aromatic heterocycles. The van der Waals surface area contributed by atoms with Gasteiger partial charge in [-0.2, -0.15) is 8.78 Å². The third-order valence-electron chi connectivity index (χ3n) is 3.38. The Kier molecular flexibility index (Phi) is 4.74. The summed E-state index contributed by atoms with van der Waals surface area (Å²) in [5.74, 6) is 0.844. The van der Waals surface area contributed by atoms with Crippen LogP contribution in [0.15, 0.2) is 48.5 Å². The number of rotatable bonds is 5. The van der Waals surface area contributed by atoms with Crippen molar-refractivity contribution in [3.05, 3.63) is 59.7 Å². The summed E-state index contributed by atoms with van der Waals surface area (Å²) in [5, 5.41) is 0. The fraction of sp³-hybridized carbons (Fsp3) is 0.167. The van der Waals surface area contributed by atoms with Gasteiger partial charge in [-0.05, 0) is 36.4 Å². The number of fused-ring (bicyclic) bond motifs is 1. The normalized spacial score (nSPS) is 13.3. The van der Waals surface area contributed by atoms with Gasteiger partial charge in [0.25, 0.3) is 0 Å². The van der Waals surface area contributed by atoms with E-state index in [-0.39, 0.29) is 11.5 Å². The van der Waals surface area contributed by atoms with Crippen LogP contribution in [-0.2, 0) is 0 Å². The Morgan fingerprint density at radius 1 is 1.08 bits per heavy atom. The maximum atomic E-state index is 12.4. The summed E-state index contributed by atoms with van der Waals surface area (Å²) in [4.78, 5) is 12.3. The first-order valence-corrected chi connectivity index (χ1v) is 7.29. The molecule has 0 saturated heterocycles. The van der Waals surface area contributed by atoms with Crippen molar-refractivity contribution in [2.24, 2.45) is 0 Å². The molecule has 0 spiro atoms. The summed E-state index contributed by atoms with van der Waals surface area (Å²) in [7, 11) is 0. The molecule has 0 unspecified atom stereocenters. The number of hydrogen-bond donors (Lipinski definition) is 0. The first-order valence-electron chi connectivity index (χ1n) is 7.29. The predicted octanol–water partition coefficient (Wildman–Crippen LogP) is 3.96. The monoisotopic (exact) mass is 332 g/mol. The highest BCUT2D eigenvalue weighted by Gasteiger charge is 2.14. The number of para-hydroxylation sites is 1. The zero-order valence-electron chi connectivity index (χ0n) is 12.6. The van der Waals surface area contributed by atoms with E-state index in [1.54, 1.807) is 36.4 Å². The van der Waals surface area contributed by atoms with Crippen LogP contribution in [0.5, 0.6) is 17.2 Å². The molecule has 2 aromatic rings. The van der Waals surface area contributed by atoms with E-state index in [1.165, 1.54) is 18.2 Å². The summed E-state index contributed by atoms with van der Waals surface area (Å²) in [5.41, 5.74) is 0.812. The number of ketones is 1. The fourth-order valence-corrected chi connectivity index (χ4v) is 2.28. The van der Waals surface area contributed by atoms with E-state index in [4.69, 9.17) is 9.47 Å². The first-order chi connectivity index (χ1) is 11.6. The molecular formula is C18H14F2O4. The van der Waals surface area contributed by atoms with Crippen LogP contribution in [-0.4, -0.2) is 25.6 Å². The molecule has 24 heavy (non-hydrogen) atoms. The lowest BCUT2D eigenvalue weighted by atomic mass is 10.1. The molecule has 124 valence electrons. The molecule has 0 amide bonds. The Bertz CT molecular complexity index is 771. The minimum absolute atomic E-state index is 0.0127. The van der Waals surface area contributed by atoms with Crippen molar-refractivity contribution in [3.63, 3.8) is 0 Å². The van der Waals surface area contributed by atoms with E-state index in [0.717, 1.165) is 0 Å². The summed E-state index contributed by atoms with van der Waals surface area (Å²) in [6.45, 7) is -2.02. The second-order valence-electron chi connectivity index (χ2n) is 4.97. The SMILES string of the molecule is O=C(/C=C/c1ccccc1OC(F)F)c1ccc2c(c1)OCCO2. The largest absolute Gasteiger partial charge is 0.486 e. The number of benzene rings is 2. The highest BCUT2D eigenvalue weighted by molar-refractivity contribution is 6.07. The number of hydrogen-bond acceptors (Lipinski definition) is 4. The van der Waals surface area contributed by atoms with E-state index in [1.807, 2.05) is 0 Å². The molecule has 1 aliphatic heterocycles. The number of carbonyl (C=O) groups is 1. The van der Waals surface area contributed by atoms with Crippen molar-refractivity contribution in [3.8, 4) is 17.2 Å². The van der Waals surface area contributed by atoms with E-state index in [0.29, 0.717) is 35.8 Å². The summed E-state index contributed by atoms with van der Waals surface area (Å²) in [6, 6.07) is 11.2. The number of halogens is 2. The Morgan fingerprint density at radius 3 is 2.62 bits per heavy atom. The third kappa shape index (κ3) is 3.71. The molecule has 0 atom stereocenters. The smallest absolute Gasteiger partial charge is 0.387 e. The van der Waals surface area contributed by atoms with E-state index < -0.39 is 6.61 Å². The zero-order chi connectivity index (χ0) is 16.9. The van der Waals surface area contributed by atoms with Gasteiger partial charge in [0.05, 0.1) is 0 Å². The van der Waals surface area contributed by atoms with Crippen LogP contribution in [0.1, 0.15) is 15.9 Å². The van der Waals surface area contributed by atoms with Gasteiger partial charge in [-0.25, -0.2) is 0 Å². The number of alkyl halides is 2. The van der Waals surface area contributed by atoms with Crippen molar-refractivity contribution in [2.75, 3.05) is 13.2 Å². The Labute approximate surface area is 137 Å². The molecule has 2 aromatic carbocycles. The molecule has 0 N–H and O–H groups in total. The maximum absolute atomic E-state index is 12.4. The minimum Gasteiger partial charge on any atom is -0.486 e. The molecule has 0 bridgehead atoms. The second kappa shape index (κ2) is 7.12. The molecule has 0 aliphatic carbocycles. The highest BCUT2D eigenvalue weighted by Crippen LogP contribution is 2.31. The molecular weight excluding hydrogens is 318 g/mol. The molecule has 3 rings (SSSR count). The van der Waals surface area contributed by atoms with Crippen molar-refractivity contribution in [1.82, 2.24) is 0 Å². The van der Waals surface area contributed by atoms with Gasteiger partial charge < -0.3 is 14.2 Å². The lowest BCUT2D eigenvalue weighted by Crippen LogP contribution is -2.15. The summed E-state index contributed by atoms with van der Waals surface area (Å²) < 4.78 is 40.0. The van der Waals surface area contributed by atoms with Crippen LogP contribution in [0.25, 0.3) is 6.08 Å². The van der Waals surface area contributed by atoms with Crippen molar-refractivity contribution >= 4 is 11.9 Å². The van der Waals surface area contributed by atoms with Gasteiger partial charge in [0, 0.05) is 11.1 Å². The van der Waals surface area contributed by atoms with Crippen molar-refractivity contribution in [2.45, 2.75) is 6.61 Å². The Balaban J connectivity index is 1.78. The first kappa shape index (κ1) is 16.0. The number of allylic oxidation sites excluding steroid dienone is 1. The van der Waals surface area contributed by atoms with Crippen LogP contribution < -0.4 is 14.2 Å². The average Bonchev–Trinajstić information content (AvgIpc) is 2.60. The summed E-state index contributed by atoms with van der Waals surface area (Å²) in [6.07, 6.45) is 2.75. The van der Waals surface area contributed by atoms with E-state index in [9.17, 15) is 13.6 Å². The predicted molar refractivity (Wildman–Crippen MR) is 83.9 cm³/mol. The highest BCUT2D eigenvalue weighted by atomic mass is 19.3. The van der Waals surface area contributed by atoms with Crippen molar-refractivity contribution in [1.29, 1.82) is 0 Å². The molecule has 4 nitrogen and oxygen atoms in total. The average molecular weight is 332 g/mol. The van der Waals surface area contributed by atoms with E-state index >= 15 is 0 Å². The van der Waals surface area contributed by atoms with Gasteiger partial charge in [-0.1, -0.05) is 18.2 Å². The molecule has 0 fully saturated rings. The van der Waals surface area contributed by atoms with Gasteiger partial charge in [0.15, 0.2) is 17.3 Å². The number of ether oxygens (including phenoxy) is 3. The number of carbonyl (C=O) groups excluding carboxylic acids is 1. The molecule has 0 radical (unpaired) electrons. The lowest BCUT2D eigenvalue weighted by Gasteiger charge is -2.18. The third-order valence-corrected chi connectivity index (χ3v) is 3.38. The molecule has 6 heteroatoms. The van der Waals surface area contributed by atoms with Crippen molar-refractivity contribution < 1.29 is 27.8 Å². The molecule has 0 saturated carbocycles. The van der Waals surface area contributed by atoms with Gasteiger partial charge in [0.2, 0.25) is 0 Å². The van der Waals surface area contributed by atoms with Gasteiger partial charge in [-0.3, -0.25) is 4.79 Å². The standard InChI is InChI=1S/C18H14F2O4/c19-18(20)24-15-4-2-1-3-12(15)5-7-14(21)13-6-8-16-17(11-13)23-10-9-22-16/h1-8,11,18H,9-10H2/b7-5+. The fourth-order valence-electron chi connectivity index (χ4n) is 2.28. The van der Waals surface area contributed by atoms with Crippen LogP contribution in [0, 0.1) is 0 Å². The van der Waals surface area contributed by atoms with Crippen LogP contribution >= 0.6 is 0 Å². The lowest BCUT2D eigenvalue weighted by molar-refractivity contribution is -0.0499. The van der Waals surface area contributed by atoms with Gasteiger partial charge in [0.1, 0.15) is 19.0 Å². The van der Waals surface area contributed by atoms with Gasteiger partial charge in [-0.15, -0.1) is 0 Å². The maximum Gasteiger partial charge on any atom is 0.387 e. The Hall–Kier alpha value is -2.89. The van der Waals surface area contributed by atoms with Crippen LogP contribution in [0.3, 0.4) is 0 Å². The zero-order valence-corrected chi connectivity index (χ0v) is 12.6. The van der Waals surface area contributed by atoms with Gasteiger partial charge >= 0.3 is 6.61 Å². The summed E-state index contributed by atoms with van der Waals surface area (Å²) >= 11 is 0. The minimum atomic E-state index is -2.92. The topological polar surface area (TPSA) is 44.8 Å². The molecule has 1 heterocycles. The quantitative estimate of drug-likeness (QED) is 0.614. The second-order valence-corrected chi connectivity index (χ2v) is 4.97. The molecule has 1 aliphatic rings. The van der Waals surface area contributed by atoms with Crippen LogP contribution in [0.4, 0.5) is 8.78 Å². The van der Waals surface area contributed by atoms with Crippen LogP contribution in [0.2, 0.25) is 0 Å². The Morgan fingerprint density at radius 2 is 1.83 bits per heavy atom. The van der Waals surface area contributed by atoms with E-state index in [2.05, 4.69) is 4.74 Å².